The van der Waals surface area contributed by atoms with Crippen LogP contribution < -0.4 is 5.32 Å². The molecule has 158 valence electrons. The van der Waals surface area contributed by atoms with Crippen LogP contribution in [0, 0.1) is 0 Å². The summed E-state index contributed by atoms with van der Waals surface area (Å²) in [6.07, 6.45) is -0.617. The highest BCUT2D eigenvalue weighted by molar-refractivity contribution is 6.08. The Kier molecular flexibility index (Phi) is 5.18. The highest BCUT2D eigenvalue weighted by Crippen LogP contribution is 2.33. The van der Waals surface area contributed by atoms with Crippen LogP contribution in [-0.2, 0) is 6.18 Å². The molecular weight excluding hydrogens is 407 g/mol. The molecule has 0 bridgehead atoms. The SMILES string of the molecule is CC(C)c1ccc(-c2cc(C(F)(F)F)n3ncc(C(=O)Nc4ccncc4)c3n2)cc1. The van der Waals surface area contributed by atoms with E-state index in [-0.39, 0.29) is 22.8 Å². The normalized spacial score (nSPS) is 11.8. The summed E-state index contributed by atoms with van der Waals surface area (Å²) in [5, 5.41) is 6.40. The van der Waals surface area contributed by atoms with E-state index >= 15 is 0 Å². The van der Waals surface area contributed by atoms with Crippen molar-refractivity contribution in [3.05, 3.63) is 77.9 Å². The van der Waals surface area contributed by atoms with Gasteiger partial charge < -0.3 is 5.32 Å². The van der Waals surface area contributed by atoms with Crippen molar-refractivity contribution in [1.82, 2.24) is 19.6 Å². The molecule has 3 aromatic heterocycles. The van der Waals surface area contributed by atoms with E-state index in [2.05, 4.69) is 20.4 Å². The Bertz CT molecular complexity index is 1230. The van der Waals surface area contributed by atoms with E-state index in [1.54, 1.807) is 24.3 Å². The molecule has 0 saturated heterocycles. The number of halogens is 3. The van der Waals surface area contributed by atoms with Crippen molar-refractivity contribution in [3.8, 4) is 11.3 Å². The van der Waals surface area contributed by atoms with Crippen molar-refractivity contribution in [3.63, 3.8) is 0 Å². The van der Waals surface area contributed by atoms with E-state index in [0.29, 0.717) is 15.8 Å². The van der Waals surface area contributed by atoms with Crippen molar-refractivity contribution in [1.29, 1.82) is 0 Å². The lowest BCUT2D eigenvalue weighted by atomic mass is 10.0. The van der Waals surface area contributed by atoms with Gasteiger partial charge in [0.15, 0.2) is 11.3 Å². The molecule has 1 N–H and O–H groups in total. The molecule has 0 fully saturated rings. The lowest BCUT2D eigenvalue weighted by molar-refractivity contribution is -0.142. The quantitative estimate of drug-likeness (QED) is 0.489. The van der Waals surface area contributed by atoms with Gasteiger partial charge in [-0.3, -0.25) is 9.78 Å². The molecule has 0 aliphatic rings. The Balaban J connectivity index is 1.83. The van der Waals surface area contributed by atoms with Crippen LogP contribution in [0.2, 0.25) is 0 Å². The van der Waals surface area contributed by atoms with Gasteiger partial charge >= 0.3 is 6.18 Å². The van der Waals surface area contributed by atoms with E-state index < -0.39 is 17.8 Å². The lowest BCUT2D eigenvalue weighted by Crippen LogP contribution is -2.15. The van der Waals surface area contributed by atoms with Gasteiger partial charge in [-0.25, -0.2) is 9.50 Å². The van der Waals surface area contributed by atoms with Crippen LogP contribution in [0.15, 0.2) is 61.1 Å². The minimum Gasteiger partial charge on any atom is -0.322 e. The number of hydrogen-bond acceptors (Lipinski definition) is 4. The first kappa shape index (κ1) is 20.5. The fourth-order valence-electron chi connectivity index (χ4n) is 3.15. The maximum absolute atomic E-state index is 13.7. The minimum atomic E-state index is -4.68. The summed E-state index contributed by atoms with van der Waals surface area (Å²) >= 11 is 0. The highest BCUT2D eigenvalue weighted by Gasteiger charge is 2.36. The minimum absolute atomic E-state index is 0.0667. The summed E-state index contributed by atoms with van der Waals surface area (Å²) in [6.45, 7) is 4.06. The number of anilines is 1. The first-order valence-electron chi connectivity index (χ1n) is 9.51. The number of nitrogens with zero attached hydrogens (tertiary/aromatic N) is 4. The van der Waals surface area contributed by atoms with Gasteiger partial charge in [0.1, 0.15) is 5.56 Å². The zero-order valence-corrected chi connectivity index (χ0v) is 16.7. The third-order valence-electron chi connectivity index (χ3n) is 4.82. The zero-order valence-electron chi connectivity index (χ0n) is 16.7. The summed E-state index contributed by atoms with van der Waals surface area (Å²) in [5.41, 5.74) is 0.877. The van der Waals surface area contributed by atoms with Crippen molar-refractivity contribution in [2.45, 2.75) is 25.9 Å². The molecule has 1 aromatic carbocycles. The van der Waals surface area contributed by atoms with Gasteiger partial charge in [0.2, 0.25) is 0 Å². The summed E-state index contributed by atoms with van der Waals surface area (Å²) < 4.78 is 41.9. The molecule has 3 heterocycles. The molecule has 4 rings (SSSR count). The van der Waals surface area contributed by atoms with Gasteiger partial charge in [0.25, 0.3) is 5.91 Å². The highest BCUT2D eigenvalue weighted by atomic mass is 19.4. The molecular formula is C22H18F3N5O. The number of fused-ring (bicyclic) bond motifs is 1. The number of carbonyl (C=O) groups is 1. The van der Waals surface area contributed by atoms with Gasteiger partial charge in [-0.15, -0.1) is 0 Å². The number of amides is 1. The smallest absolute Gasteiger partial charge is 0.322 e. The molecule has 31 heavy (non-hydrogen) atoms. The molecule has 9 heteroatoms. The maximum atomic E-state index is 13.7. The largest absolute Gasteiger partial charge is 0.433 e. The van der Waals surface area contributed by atoms with Crippen molar-refractivity contribution < 1.29 is 18.0 Å². The van der Waals surface area contributed by atoms with Gasteiger partial charge in [0, 0.05) is 23.6 Å². The van der Waals surface area contributed by atoms with E-state index in [1.807, 2.05) is 26.0 Å². The molecule has 6 nitrogen and oxygen atoms in total. The molecule has 0 unspecified atom stereocenters. The summed E-state index contributed by atoms with van der Waals surface area (Å²) in [7, 11) is 0. The van der Waals surface area contributed by atoms with Crippen LogP contribution in [0.3, 0.4) is 0 Å². The van der Waals surface area contributed by atoms with Crippen LogP contribution in [0.1, 0.15) is 41.4 Å². The van der Waals surface area contributed by atoms with Gasteiger partial charge in [-0.05, 0) is 29.7 Å². The van der Waals surface area contributed by atoms with Crippen LogP contribution >= 0.6 is 0 Å². The Labute approximate surface area is 175 Å². The van der Waals surface area contributed by atoms with Crippen LogP contribution in [0.5, 0.6) is 0 Å². The molecule has 0 aliphatic carbocycles. The van der Waals surface area contributed by atoms with Crippen LogP contribution in [0.25, 0.3) is 16.9 Å². The van der Waals surface area contributed by atoms with Crippen LogP contribution in [-0.4, -0.2) is 25.5 Å². The average Bonchev–Trinajstić information content (AvgIpc) is 3.17. The van der Waals surface area contributed by atoms with Gasteiger partial charge in [-0.1, -0.05) is 38.1 Å². The number of nitrogens with one attached hydrogen (secondary N) is 1. The third-order valence-corrected chi connectivity index (χ3v) is 4.82. The van der Waals surface area contributed by atoms with E-state index in [4.69, 9.17) is 0 Å². The number of aromatic nitrogens is 4. The second kappa shape index (κ2) is 7.82. The second-order valence-corrected chi connectivity index (χ2v) is 7.28. The van der Waals surface area contributed by atoms with Crippen molar-refractivity contribution >= 4 is 17.2 Å². The Morgan fingerprint density at radius 2 is 1.74 bits per heavy atom. The topological polar surface area (TPSA) is 72.2 Å². The van der Waals surface area contributed by atoms with E-state index in [0.717, 1.165) is 17.8 Å². The number of alkyl halides is 3. The molecule has 0 saturated carbocycles. The van der Waals surface area contributed by atoms with Gasteiger partial charge in [0.05, 0.1) is 11.9 Å². The fourth-order valence-corrected chi connectivity index (χ4v) is 3.15. The zero-order chi connectivity index (χ0) is 22.2. The molecule has 1 amide bonds. The number of rotatable bonds is 4. The Morgan fingerprint density at radius 3 is 2.35 bits per heavy atom. The molecule has 0 spiro atoms. The van der Waals surface area contributed by atoms with Gasteiger partial charge in [-0.2, -0.15) is 18.3 Å². The number of pyridine rings is 1. The fraction of sp³-hybridized carbons (Fsp3) is 0.182. The monoisotopic (exact) mass is 425 g/mol. The Hall–Kier alpha value is -3.75. The maximum Gasteiger partial charge on any atom is 0.433 e. The van der Waals surface area contributed by atoms with Crippen molar-refractivity contribution in [2.24, 2.45) is 0 Å². The third kappa shape index (κ3) is 4.11. The first-order chi connectivity index (χ1) is 14.7. The first-order valence-corrected chi connectivity index (χ1v) is 9.51. The summed E-state index contributed by atoms with van der Waals surface area (Å²) in [5.74, 6) is -0.331. The second-order valence-electron chi connectivity index (χ2n) is 7.28. The molecule has 0 radical (unpaired) electrons. The summed E-state index contributed by atoms with van der Waals surface area (Å²) in [6, 6.07) is 11.2. The van der Waals surface area contributed by atoms with E-state index in [9.17, 15) is 18.0 Å². The predicted molar refractivity (Wildman–Crippen MR) is 110 cm³/mol. The Morgan fingerprint density at radius 1 is 1.06 bits per heavy atom. The molecule has 0 aliphatic heterocycles. The lowest BCUT2D eigenvalue weighted by Gasteiger charge is -2.12. The number of hydrogen-bond donors (Lipinski definition) is 1. The predicted octanol–water partition coefficient (Wildman–Crippen LogP) is 5.19. The standard InChI is InChI=1S/C22H18F3N5O/c1-13(2)14-3-5-15(6-4-14)18-11-19(22(23,24)25)30-20(29-18)17(12-27-30)21(31)28-16-7-9-26-10-8-16/h3-13H,1-2H3,(H,26,28,31). The van der Waals surface area contributed by atoms with Crippen molar-refractivity contribution in [2.75, 3.05) is 5.32 Å². The van der Waals surface area contributed by atoms with E-state index in [1.165, 1.54) is 12.4 Å². The number of benzene rings is 1. The molecule has 0 atom stereocenters. The van der Waals surface area contributed by atoms with Crippen LogP contribution in [0.4, 0.5) is 18.9 Å². The summed E-state index contributed by atoms with van der Waals surface area (Å²) in [4.78, 5) is 20.9. The number of carbonyl (C=O) groups excluding carboxylic acids is 1. The molecule has 4 aromatic rings. The average molecular weight is 425 g/mol.